The number of aromatic nitrogens is 1. The lowest BCUT2D eigenvalue weighted by Gasteiger charge is -2.14. The highest BCUT2D eigenvalue weighted by Crippen LogP contribution is 2.36. The normalized spacial score (nSPS) is 10.3. The van der Waals surface area contributed by atoms with Crippen molar-refractivity contribution in [2.75, 3.05) is 13.2 Å². The average molecular weight is 496 g/mol. The quantitative estimate of drug-likeness (QED) is 0.489. The molecule has 3 aromatic rings. The van der Waals surface area contributed by atoms with Gasteiger partial charge in [-0.05, 0) is 46.1 Å². The van der Waals surface area contributed by atoms with Crippen LogP contribution in [0.2, 0.25) is 0 Å². The van der Waals surface area contributed by atoms with Crippen LogP contribution in [0.3, 0.4) is 0 Å². The maximum atomic E-state index is 12.3. The van der Waals surface area contributed by atoms with E-state index in [1.54, 1.807) is 29.0 Å². The van der Waals surface area contributed by atoms with Crippen LogP contribution in [-0.2, 0) is 17.9 Å². The zero-order chi connectivity index (χ0) is 22.9. The Morgan fingerprint density at radius 2 is 1.88 bits per heavy atom. The number of pyridine rings is 1. The summed E-state index contributed by atoms with van der Waals surface area (Å²) in [6.07, 6.45) is 1.75. The summed E-state index contributed by atoms with van der Waals surface area (Å²) in [5.74, 6) is 0.490. The molecule has 1 N–H and O–H groups in total. The van der Waals surface area contributed by atoms with Gasteiger partial charge < -0.3 is 19.4 Å². The molecule has 2 aromatic carbocycles. The molecule has 0 saturated carbocycles. The molecule has 0 spiro atoms. The maximum absolute atomic E-state index is 12.3. The molecular weight excluding hydrogens is 474 g/mol. The number of hydrogen-bond donors (Lipinski definition) is 1. The second-order valence-corrected chi connectivity index (χ2v) is 7.73. The van der Waals surface area contributed by atoms with E-state index in [-0.39, 0.29) is 18.1 Å². The highest BCUT2D eigenvalue weighted by molar-refractivity contribution is 9.10. The van der Waals surface area contributed by atoms with Crippen molar-refractivity contribution >= 4 is 21.8 Å². The molecule has 3 rings (SSSR count). The van der Waals surface area contributed by atoms with Crippen LogP contribution in [0.1, 0.15) is 23.6 Å². The molecule has 0 saturated heterocycles. The summed E-state index contributed by atoms with van der Waals surface area (Å²) >= 11 is 3.36. The standard InChI is InChI=1S/C24H22BrN3O4/c1-2-31-21-12-19(13-26)11-20(25)24(21)32-16-22(29)27-14-17-6-8-18(9-7-17)15-28-10-4-3-5-23(28)30/h3-12H,2,14-16H2,1H3,(H,27,29). The average Bonchev–Trinajstić information content (AvgIpc) is 2.79. The van der Waals surface area contributed by atoms with Gasteiger partial charge in [-0.3, -0.25) is 9.59 Å². The molecule has 0 aliphatic carbocycles. The predicted octanol–water partition coefficient (Wildman–Crippen LogP) is 3.62. The van der Waals surface area contributed by atoms with Gasteiger partial charge in [0.15, 0.2) is 18.1 Å². The van der Waals surface area contributed by atoms with Crippen LogP contribution in [0, 0.1) is 11.3 Å². The third-order valence-corrected chi connectivity index (χ3v) is 5.14. The zero-order valence-corrected chi connectivity index (χ0v) is 19.1. The van der Waals surface area contributed by atoms with Gasteiger partial charge in [0.25, 0.3) is 11.5 Å². The van der Waals surface area contributed by atoms with Gasteiger partial charge in [0.2, 0.25) is 0 Å². The minimum atomic E-state index is -0.288. The van der Waals surface area contributed by atoms with Crippen LogP contribution < -0.4 is 20.3 Å². The summed E-state index contributed by atoms with van der Waals surface area (Å²) in [6, 6.07) is 18.0. The largest absolute Gasteiger partial charge is 0.490 e. The van der Waals surface area contributed by atoms with Crippen molar-refractivity contribution in [3.63, 3.8) is 0 Å². The topological polar surface area (TPSA) is 93.3 Å². The Labute approximate surface area is 194 Å². The molecule has 0 radical (unpaired) electrons. The number of amides is 1. The molecule has 0 aliphatic rings. The third kappa shape index (κ3) is 6.22. The van der Waals surface area contributed by atoms with Gasteiger partial charge in [0.05, 0.1) is 29.3 Å². The molecule has 8 heteroatoms. The Kier molecular flexibility index (Phi) is 8.06. The van der Waals surface area contributed by atoms with Crippen molar-refractivity contribution in [2.24, 2.45) is 0 Å². The summed E-state index contributed by atoms with van der Waals surface area (Å²) in [5, 5.41) is 11.9. The molecule has 0 aliphatic heterocycles. The molecule has 0 fully saturated rings. The molecule has 0 unspecified atom stereocenters. The van der Waals surface area contributed by atoms with Crippen molar-refractivity contribution in [1.82, 2.24) is 9.88 Å². The Morgan fingerprint density at radius 3 is 2.56 bits per heavy atom. The molecule has 1 heterocycles. The highest BCUT2D eigenvalue weighted by Gasteiger charge is 2.14. The molecule has 164 valence electrons. The van der Waals surface area contributed by atoms with E-state index >= 15 is 0 Å². The summed E-state index contributed by atoms with van der Waals surface area (Å²) in [6.45, 7) is 2.87. The lowest BCUT2D eigenvalue weighted by molar-refractivity contribution is -0.123. The SMILES string of the molecule is CCOc1cc(C#N)cc(Br)c1OCC(=O)NCc1ccc(Cn2ccccc2=O)cc1. The van der Waals surface area contributed by atoms with Gasteiger partial charge in [-0.15, -0.1) is 0 Å². The Hall–Kier alpha value is -3.57. The number of rotatable bonds is 9. The monoisotopic (exact) mass is 495 g/mol. The van der Waals surface area contributed by atoms with Crippen molar-refractivity contribution in [1.29, 1.82) is 5.26 Å². The van der Waals surface area contributed by atoms with Crippen LogP contribution in [0.25, 0.3) is 0 Å². The van der Waals surface area contributed by atoms with E-state index in [2.05, 4.69) is 27.3 Å². The Balaban J connectivity index is 1.54. The number of benzene rings is 2. The number of halogens is 1. The van der Waals surface area contributed by atoms with Crippen molar-refractivity contribution in [2.45, 2.75) is 20.0 Å². The van der Waals surface area contributed by atoms with E-state index in [9.17, 15) is 9.59 Å². The van der Waals surface area contributed by atoms with Gasteiger partial charge in [0, 0.05) is 24.9 Å². The van der Waals surface area contributed by atoms with Gasteiger partial charge in [-0.1, -0.05) is 30.3 Å². The van der Waals surface area contributed by atoms with E-state index in [1.807, 2.05) is 37.3 Å². The molecule has 0 bridgehead atoms. The number of nitrogens with zero attached hydrogens (tertiary/aromatic N) is 2. The lowest BCUT2D eigenvalue weighted by Crippen LogP contribution is -2.28. The highest BCUT2D eigenvalue weighted by atomic mass is 79.9. The number of nitrogens with one attached hydrogen (secondary N) is 1. The second-order valence-electron chi connectivity index (χ2n) is 6.88. The van der Waals surface area contributed by atoms with E-state index in [1.165, 1.54) is 6.07 Å². The van der Waals surface area contributed by atoms with Crippen molar-refractivity contribution in [3.8, 4) is 17.6 Å². The van der Waals surface area contributed by atoms with Crippen molar-refractivity contribution in [3.05, 3.63) is 92.3 Å². The smallest absolute Gasteiger partial charge is 0.258 e. The maximum Gasteiger partial charge on any atom is 0.258 e. The first-order valence-electron chi connectivity index (χ1n) is 9.99. The van der Waals surface area contributed by atoms with Crippen LogP contribution in [-0.4, -0.2) is 23.7 Å². The summed E-state index contributed by atoms with van der Waals surface area (Å²) in [7, 11) is 0. The molecule has 32 heavy (non-hydrogen) atoms. The summed E-state index contributed by atoms with van der Waals surface area (Å²) < 4.78 is 13.3. The first kappa shape index (κ1) is 23.1. The lowest BCUT2D eigenvalue weighted by atomic mass is 10.1. The summed E-state index contributed by atoms with van der Waals surface area (Å²) in [5.41, 5.74) is 2.30. The number of carbonyl (C=O) groups excluding carboxylic acids is 1. The second kappa shape index (κ2) is 11.2. The molecule has 0 atom stereocenters. The van der Waals surface area contributed by atoms with Gasteiger partial charge >= 0.3 is 0 Å². The summed E-state index contributed by atoms with van der Waals surface area (Å²) in [4.78, 5) is 24.1. The number of carbonyl (C=O) groups is 1. The van der Waals surface area contributed by atoms with Gasteiger partial charge in [0.1, 0.15) is 0 Å². The molecular formula is C24H22BrN3O4. The first-order chi connectivity index (χ1) is 15.5. The van der Waals surface area contributed by atoms with E-state index < -0.39 is 0 Å². The fraction of sp³-hybridized carbons (Fsp3) is 0.208. The van der Waals surface area contributed by atoms with E-state index in [4.69, 9.17) is 14.7 Å². The van der Waals surface area contributed by atoms with Crippen LogP contribution in [0.5, 0.6) is 11.5 Å². The minimum Gasteiger partial charge on any atom is -0.490 e. The predicted molar refractivity (Wildman–Crippen MR) is 124 cm³/mol. The molecule has 1 aromatic heterocycles. The fourth-order valence-corrected chi connectivity index (χ4v) is 3.53. The molecule has 7 nitrogen and oxygen atoms in total. The Morgan fingerprint density at radius 1 is 1.12 bits per heavy atom. The van der Waals surface area contributed by atoms with Crippen LogP contribution in [0.4, 0.5) is 0 Å². The van der Waals surface area contributed by atoms with Crippen LogP contribution in [0.15, 0.2) is 70.1 Å². The van der Waals surface area contributed by atoms with Crippen molar-refractivity contribution < 1.29 is 14.3 Å². The fourth-order valence-electron chi connectivity index (χ4n) is 2.98. The van der Waals surface area contributed by atoms with E-state index in [0.29, 0.717) is 41.2 Å². The number of nitriles is 1. The Bertz CT molecular complexity index is 1180. The minimum absolute atomic E-state index is 0.0507. The number of ether oxygens (including phenoxy) is 2. The van der Waals surface area contributed by atoms with Gasteiger partial charge in [-0.25, -0.2) is 0 Å². The van der Waals surface area contributed by atoms with E-state index in [0.717, 1.165) is 11.1 Å². The number of hydrogen-bond acceptors (Lipinski definition) is 5. The first-order valence-corrected chi connectivity index (χ1v) is 10.8. The third-order valence-electron chi connectivity index (χ3n) is 4.55. The van der Waals surface area contributed by atoms with Crippen LogP contribution >= 0.6 is 15.9 Å². The molecule has 1 amide bonds. The van der Waals surface area contributed by atoms with Gasteiger partial charge in [-0.2, -0.15) is 5.26 Å². The zero-order valence-electron chi connectivity index (χ0n) is 17.5.